The van der Waals surface area contributed by atoms with Crippen molar-refractivity contribution in [1.82, 2.24) is 0 Å². The quantitative estimate of drug-likeness (QED) is 0.583. The summed E-state index contributed by atoms with van der Waals surface area (Å²) >= 11 is 0. The molecule has 0 atom stereocenters. The minimum Gasteiger partial charge on any atom is -0.464 e. The maximum Gasteiger partial charge on any atom is 0.228 e. The highest BCUT2D eigenvalue weighted by atomic mass is 19.1. The Kier molecular flexibility index (Phi) is 3.50. The number of hydrogen-bond donors (Lipinski definition) is 1. The monoisotopic (exact) mass is 319 g/mol. The van der Waals surface area contributed by atoms with Gasteiger partial charge in [-0.1, -0.05) is 30.3 Å². The van der Waals surface area contributed by atoms with Crippen LogP contribution >= 0.6 is 0 Å². The van der Waals surface area contributed by atoms with Crippen LogP contribution in [0, 0.1) is 5.82 Å². The van der Waals surface area contributed by atoms with Crippen molar-refractivity contribution in [2.24, 2.45) is 0 Å². The molecule has 3 nitrogen and oxygen atoms in total. The lowest BCUT2D eigenvalue weighted by molar-refractivity contribution is -0.115. The standard InChI is InChI=1S/C20H14FNO2/c21-16-6-8-19-18(11-16)15(12-24-19)10-20(23)22-17-7-5-13-3-1-2-4-14(13)9-17/h1-9,11-12H,10H2,(H,22,23). The first-order valence-corrected chi connectivity index (χ1v) is 7.63. The van der Waals surface area contributed by atoms with Gasteiger partial charge in [-0.25, -0.2) is 4.39 Å². The molecule has 0 aliphatic carbocycles. The van der Waals surface area contributed by atoms with Gasteiger partial charge in [0, 0.05) is 16.6 Å². The molecule has 3 aromatic carbocycles. The molecule has 1 aromatic heterocycles. The number of anilines is 1. The van der Waals surface area contributed by atoms with Crippen molar-refractivity contribution in [3.8, 4) is 0 Å². The van der Waals surface area contributed by atoms with Crippen LogP contribution in [0.5, 0.6) is 0 Å². The summed E-state index contributed by atoms with van der Waals surface area (Å²) in [6.45, 7) is 0. The number of fused-ring (bicyclic) bond motifs is 2. The first-order chi connectivity index (χ1) is 11.7. The van der Waals surface area contributed by atoms with Gasteiger partial charge in [-0.2, -0.15) is 0 Å². The number of benzene rings is 3. The Labute approximate surface area is 137 Å². The van der Waals surface area contributed by atoms with E-state index in [1.54, 1.807) is 6.07 Å². The molecule has 24 heavy (non-hydrogen) atoms. The molecule has 0 saturated carbocycles. The fourth-order valence-electron chi connectivity index (χ4n) is 2.84. The lowest BCUT2D eigenvalue weighted by Crippen LogP contribution is -2.14. The predicted octanol–water partition coefficient (Wildman–Crippen LogP) is 4.91. The Balaban J connectivity index is 1.55. The summed E-state index contributed by atoms with van der Waals surface area (Å²) in [7, 11) is 0. The van der Waals surface area contributed by atoms with Crippen LogP contribution in [0.25, 0.3) is 21.7 Å². The Bertz CT molecular complexity index is 1050. The largest absolute Gasteiger partial charge is 0.464 e. The van der Waals surface area contributed by atoms with E-state index in [1.807, 2.05) is 42.5 Å². The highest BCUT2D eigenvalue weighted by Gasteiger charge is 2.11. The van der Waals surface area contributed by atoms with Gasteiger partial charge in [0.2, 0.25) is 5.91 Å². The van der Waals surface area contributed by atoms with Crippen molar-refractivity contribution in [2.75, 3.05) is 5.32 Å². The number of carbonyl (C=O) groups excluding carboxylic acids is 1. The van der Waals surface area contributed by atoms with Gasteiger partial charge < -0.3 is 9.73 Å². The van der Waals surface area contributed by atoms with Gasteiger partial charge in [0.05, 0.1) is 12.7 Å². The van der Waals surface area contributed by atoms with E-state index in [2.05, 4.69) is 5.32 Å². The van der Waals surface area contributed by atoms with E-state index in [0.717, 1.165) is 16.5 Å². The number of halogens is 1. The highest BCUT2D eigenvalue weighted by Crippen LogP contribution is 2.23. The Hall–Kier alpha value is -3.14. The Morgan fingerprint density at radius 2 is 1.83 bits per heavy atom. The zero-order chi connectivity index (χ0) is 16.5. The summed E-state index contributed by atoms with van der Waals surface area (Å²) in [6.07, 6.45) is 1.63. The second-order valence-corrected chi connectivity index (χ2v) is 5.69. The molecular formula is C20H14FNO2. The first kappa shape index (κ1) is 14.5. The van der Waals surface area contributed by atoms with Crippen molar-refractivity contribution in [3.05, 3.63) is 78.3 Å². The molecule has 0 aliphatic heterocycles. The van der Waals surface area contributed by atoms with Crippen LogP contribution in [0.15, 0.2) is 71.3 Å². The van der Waals surface area contributed by atoms with E-state index in [9.17, 15) is 9.18 Å². The third-order valence-corrected chi connectivity index (χ3v) is 4.00. The minimum atomic E-state index is -0.347. The van der Waals surface area contributed by atoms with E-state index in [1.165, 1.54) is 18.4 Å². The van der Waals surface area contributed by atoms with Gasteiger partial charge in [0.15, 0.2) is 0 Å². The molecule has 1 heterocycles. The number of furan rings is 1. The number of rotatable bonds is 3. The molecule has 1 N–H and O–H groups in total. The number of amides is 1. The van der Waals surface area contributed by atoms with Gasteiger partial charge in [0.1, 0.15) is 11.4 Å². The summed E-state index contributed by atoms with van der Waals surface area (Å²) in [6, 6.07) is 18.0. The molecule has 4 heteroatoms. The molecule has 118 valence electrons. The zero-order valence-corrected chi connectivity index (χ0v) is 12.8. The van der Waals surface area contributed by atoms with Gasteiger partial charge in [-0.15, -0.1) is 0 Å². The second kappa shape index (κ2) is 5.81. The van der Waals surface area contributed by atoms with Crippen LogP contribution in [0.1, 0.15) is 5.56 Å². The maximum atomic E-state index is 13.4. The molecule has 0 radical (unpaired) electrons. The molecule has 0 spiro atoms. The SMILES string of the molecule is O=C(Cc1coc2ccc(F)cc12)Nc1ccc2ccccc2c1. The van der Waals surface area contributed by atoms with E-state index >= 15 is 0 Å². The third-order valence-electron chi connectivity index (χ3n) is 4.00. The molecule has 4 aromatic rings. The lowest BCUT2D eigenvalue weighted by atomic mass is 10.1. The number of carbonyl (C=O) groups is 1. The van der Waals surface area contributed by atoms with Gasteiger partial charge in [0.25, 0.3) is 0 Å². The number of nitrogens with one attached hydrogen (secondary N) is 1. The average molecular weight is 319 g/mol. The fraction of sp³-hybridized carbons (Fsp3) is 0.0500. The van der Waals surface area contributed by atoms with Crippen LogP contribution in [0.2, 0.25) is 0 Å². The van der Waals surface area contributed by atoms with Crippen molar-refractivity contribution in [2.45, 2.75) is 6.42 Å². The number of hydrogen-bond acceptors (Lipinski definition) is 2. The van der Waals surface area contributed by atoms with E-state index in [-0.39, 0.29) is 18.1 Å². The third kappa shape index (κ3) is 2.74. The van der Waals surface area contributed by atoms with E-state index in [4.69, 9.17) is 4.42 Å². The second-order valence-electron chi connectivity index (χ2n) is 5.69. The zero-order valence-electron chi connectivity index (χ0n) is 12.8. The first-order valence-electron chi connectivity index (χ1n) is 7.63. The van der Waals surface area contributed by atoms with Gasteiger partial charge >= 0.3 is 0 Å². The summed E-state index contributed by atoms with van der Waals surface area (Å²) in [5.74, 6) is -0.516. The molecule has 1 amide bonds. The summed E-state index contributed by atoms with van der Waals surface area (Å²) in [5, 5.41) is 5.68. The molecule has 0 saturated heterocycles. The molecule has 0 aliphatic rings. The summed E-state index contributed by atoms with van der Waals surface area (Å²) < 4.78 is 18.8. The van der Waals surface area contributed by atoms with Crippen molar-refractivity contribution in [3.63, 3.8) is 0 Å². The Morgan fingerprint density at radius 3 is 2.71 bits per heavy atom. The van der Waals surface area contributed by atoms with E-state index < -0.39 is 0 Å². The molecule has 0 fully saturated rings. The fourth-order valence-corrected chi connectivity index (χ4v) is 2.84. The lowest BCUT2D eigenvalue weighted by Gasteiger charge is -2.06. The van der Waals surface area contributed by atoms with Crippen molar-refractivity contribution >= 4 is 33.3 Å². The molecule has 0 unspecified atom stereocenters. The molecule has 0 bridgehead atoms. The van der Waals surface area contributed by atoms with Crippen LogP contribution in [-0.4, -0.2) is 5.91 Å². The van der Waals surface area contributed by atoms with Gasteiger partial charge in [-0.05, 0) is 41.1 Å². The van der Waals surface area contributed by atoms with Crippen LogP contribution in [0.4, 0.5) is 10.1 Å². The normalized spacial score (nSPS) is 11.0. The minimum absolute atomic E-state index is 0.128. The average Bonchev–Trinajstić information content (AvgIpc) is 2.97. The van der Waals surface area contributed by atoms with Crippen LogP contribution in [-0.2, 0) is 11.2 Å². The predicted molar refractivity (Wildman–Crippen MR) is 92.5 cm³/mol. The maximum absolute atomic E-state index is 13.4. The summed E-state index contributed by atoms with van der Waals surface area (Å²) in [4.78, 5) is 12.3. The van der Waals surface area contributed by atoms with Crippen LogP contribution in [0.3, 0.4) is 0 Å². The van der Waals surface area contributed by atoms with Gasteiger partial charge in [-0.3, -0.25) is 4.79 Å². The smallest absolute Gasteiger partial charge is 0.228 e. The molecular weight excluding hydrogens is 305 g/mol. The summed E-state index contributed by atoms with van der Waals surface area (Å²) in [5.41, 5.74) is 1.98. The van der Waals surface area contributed by atoms with E-state index in [0.29, 0.717) is 16.5 Å². The van der Waals surface area contributed by atoms with Crippen molar-refractivity contribution < 1.29 is 13.6 Å². The highest BCUT2D eigenvalue weighted by molar-refractivity contribution is 5.97. The Morgan fingerprint density at radius 1 is 1.00 bits per heavy atom. The molecule has 4 rings (SSSR count). The topological polar surface area (TPSA) is 42.2 Å². The van der Waals surface area contributed by atoms with Crippen LogP contribution < -0.4 is 5.32 Å². The van der Waals surface area contributed by atoms with Crippen molar-refractivity contribution in [1.29, 1.82) is 0 Å².